The predicted molar refractivity (Wildman–Crippen MR) is 122 cm³/mol. The van der Waals surface area contributed by atoms with Gasteiger partial charge in [-0.15, -0.1) is 0 Å². The van der Waals surface area contributed by atoms with Gasteiger partial charge in [-0.25, -0.2) is 0 Å². The molecule has 1 N–H and O–H groups in total. The lowest BCUT2D eigenvalue weighted by Crippen LogP contribution is -2.30. The maximum atomic E-state index is 6.17. The summed E-state index contributed by atoms with van der Waals surface area (Å²) in [4.78, 5) is 0. The number of hydrogen-bond acceptors (Lipinski definition) is 4. The van der Waals surface area contributed by atoms with Crippen molar-refractivity contribution >= 4 is 17.4 Å². The van der Waals surface area contributed by atoms with E-state index in [0.29, 0.717) is 11.7 Å². The molecule has 0 aromatic heterocycles. The molecule has 5 heteroatoms. The normalized spacial score (nSPS) is 20.6. The van der Waals surface area contributed by atoms with Gasteiger partial charge in [0.2, 0.25) is 0 Å². The van der Waals surface area contributed by atoms with Crippen LogP contribution >= 0.6 is 12.2 Å². The number of unbranched alkanes of at least 4 members (excludes halogenated alkanes) is 2. The minimum atomic E-state index is 0.250. The van der Waals surface area contributed by atoms with Crippen molar-refractivity contribution in [2.45, 2.75) is 70.8 Å². The van der Waals surface area contributed by atoms with E-state index in [1.807, 2.05) is 0 Å². The first kappa shape index (κ1) is 21.8. The van der Waals surface area contributed by atoms with Crippen LogP contribution in [-0.4, -0.2) is 24.4 Å². The second-order valence-electron chi connectivity index (χ2n) is 7.98. The quantitative estimate of drug-likeness (QED) is 0.172. The zero-order valence-electron chi connectivity index (χ0n) is 17.7. The predicted octanol–water partition coefficient (Wildman–Crippen LogP) is 5.81. The van der Waals surface area contributed by atoms with Crippen molar-refractivity contribution < 1.29 is 14.2 Å². The molecule has 0 radical (unpaired) electrons. The summed E-state index contributed by atoms with van der Waals surface area (Å²) < 4.78 is 17.3. The van der Waals surface area contributed by atoms with Gasteiger partial charge in [0, 0.05) is 18.0 Å². The van der Waals surface area contributed by atoms with Crippen LogP contribution in [0.25, 0.3) is 0 Å². The fourth-order valence-corrected chi connectivity index (χ4v) is 4.05. The van der Waals surface area contributed by atoms with E-state index in [1.165, 1.54) is 36.7 Å². The number of allylic oxidation sites excluding steroid dienone is 2. The molecule has 4 nitrogen and oxygen atoms in total. The van der Waals surface area contributed by atoms with Crippen molar-refractivity contribution in [3.05, 3.63) is 47.7 Å². The van der Waals surface area contributed by atoms with E-state index in [2.05, 4.69) is 44.0 Å². The largest absolute Gasteiger partial charge is 0.465 e. The van der Waals surface area contributed by atoms with Crippen LogP contribution in [0.4, 0.5) is 0 Å². The van der Waals surface area contributed by atoms with Crippen LogP contribution in [0.2, 0.25) is 0 Å². The number of epoxide rings is 1. The molecular weight excluding hydrogens is 382 g/mol. The third kappa shape index (κ3) is 6.58. The number of aryl methyl sites for hydroxylation is 1. The van der Waals surface area contributed by atoms with Crippen LogP contribution in [0.15, 0.2) is 36.6 Å². The highest BCUT2D eigenvalue weighted by molar-refractivity contribution is 7.80. The van der Waals surface area contributed by atoms with E-state index < -0.39 is 0 Å². The molecule has 29 heavy (non-hydrogen) atoms. The molecule has 158 valence electrons. The molecular formula is C24H33NO3S. The van der Waals surface area contributed by atoms with Gasteiger partial charge in [-0.2, -0.15) is 0 Å². The molecule has 0 amide bonds. The highest BCUT2D eigenvalue weighted by Crippen LogP contribution is 2.43. The minimum absolute atomic E-state index is 0.250. The lowest BCUT2D eigenvalue weighted by atomic mass is 9.84. The van der Waals surface area contributed by atoms with Crippen molar-refractivity contribution in [1.82, 2.24) is 5.32 Å². The van der Waals surface area contributed by atoms with Gasteiger partial charge in [0.1, 0.15) is 11.5 Å². The van der Waals surface area contributed by atoms with E-state index in [-0.39, 0.29) is 12.0 Å². The first-order valence-electron chi connectivity index (χ1n) is 10.8. The van der Waals surface area contributed by atoms with Gasteiger partial charge in [-0.3, -0.25) is 0 Å². The van der Waals surface area contributed by atoms with Crippen molar-refractivity contribution in [2.24, 2.45) is 0 Å². The fourth-order valence-electron chi connectivity index (χ4n) is 3.87. The molecule has 2 atom stereocenters. The molecule has 1 aromatic carbocycles. The summed E-state index contributed by atoms with van der Waals surface area (Å²) >= 11 is 5.46. The Labute approximate surface area is 180 Å². The molecule has 1 aliphatic carbocycles. The molecule has 1 saturated heterocycles. The van der Waals surface area contributed by atoms with Gasteiger partial charge in [-0.05, 0) is 68.9 Å². The highest BCUT2D eigenvalue weighted by atomic mass is 32.1. The van der Waals surface area contributed by atoms with Crippen LogP contribution in [0.5, 0.6) is 11.5 Å². The second-order valence-corrected chi connectivity index (χ2v) is 8.36. The minimum Gasteiger partial charge on any atom is -0.465 e. The average molecular weight is 416 g/mol. The zero-order chi connectivity index (χ0) is 20.6. The smallest absolute Gasteiger partial charge is 0.262 e. The van der Waals surface area contributed by atoms with Gasteiger partial charge >= 0.3 is 0 Å². The summed E-state index contributed by atoms with van der Waals surface area (Å²) in [5.74, 6) is 1.88. The molecule has 3 rings (SSSR count). The number of benzene rings is 1. The summed E-state index contributed by atoms with van der Waals surface area (Å²) in [6, 6.07) is 4.28. The van der Waals surface area contributed by atoms with E-state index in [4.69, 9.17) is 26.4 Å². The number of thiocarbonyl (C=S) groups is 1. The Morgan fingerprint density at radius 1 is 1.34 bits per heavy atom. The standard InChI is InChI=1S/C24H33NO3S/c1-4-6-7-10-18-13-21(26-5-2)23(19-11-8-9-17(3)12-19)22(14-18)28-24(29)25-15-20-16-27-20/h5,12-14,19-20H,2,4,6-11,15-16H2,1,3H3,(H,25,29)/t19-,20?/m0/s1. The Hall–Kier alpha value is -1.85. The lowest BCUT2D eigenvalue weighted by Gasteiger charge is -2.25. The Balaban J connectivity index is 1.90. The molecule has 1 fully saturated rings. The van der Waals surface area contributed by atoms with E-state index >= 15 is 0 Å². The van der Waals surface area contributed by atoms with Crippen LogP contribution < -0.4 is 14.8 Å². The van der Waals surface area contributed by atoms with Gasteiger partial charge < -0.3 is 19.5 Å². The van der Waals surface area contributed by atoms with E-state index in [9.17, 15) is 0 Å². The average Bonchev–Trinajstić information content (AvgIpc) is 3.51. The number of nitrogens with one attached hydrogen (secondary N) is 1. The summed E-state index contributed by atoms with van der Waals surface area (Å²) in [5.41, 5.74) is 3.68. The van der Waals surface area contributed by atoms with Crippen molar-refractivity contribution in [3.63, 3.8) is 0 Å². The van der Waals surface area contributed by atoms with Crippen LogP contribution in [0.3, 0.4) is 0 Å². The Morgan fingerprint density at radius 3 is 2.83 bits per heavy atom. The van der Waals surface area contributed by atoms with E-state index in [1.54, 1.807) is 0 Å². The summed E-state index contributed by atoms with van der Waals surface area (Å²) in [5, 5.41) is 3.55. The first-order valence-corrected chi connectivity index (χ1v) is 11.2. The molecule has 1 unspecified atom stereocenters. The topological polar surface area (TPSA) is 43.0 Å². The monoisotopic (exact) mass is 415 g/mol. The fraction of sp³-hybridized carbons (Fsp3) is 0.542. The van der Waals surface area contributed by atoms with Crippen LogP contribution in [-0.2, 0) is 11.2 Å². The molecule has 1 heterocycles. The van der Waals surface area contributed by atoms with Crippen LogP contribution in [0, 0.1) is 0 Å². The highest BCUT2D eigenvalue weighted by Gasteiger charge is 2.25. The second kappa shape index (κ2) is 10.8. The molecule has 1 aliphatic heterocycles. The third-order valence-electron chi connectivity index (χ3n) is 5.47. The van der Waals surface area contributed by atoms with Crippen molar-refractivity contribution in [3.8, 4) is 11.5 Å². The Morgan fingerprint density at radius 2 is 2.14 bits per heavy atom. The summed E-state index contributed by atoms with van der Waals surface area (Å²) in [6.45, 7) is 9.66. The van der Waals surface area contributed by atoms with Gasteiger partial charge in [0.15, 0.2) is 0 Å². The molecule has 0 bridgehead atoms. The third-order valence-corrected chi connectivity index (χ3v) is 5.69. The molecule has 0 saturated carbocycles. The maximum Gasteiger partial charge on any atom is 0.262 e. The SMILES string of the molecule is C=COc1cc(CCCCC)cc(OC(=S)NCC2CO2)c1[C@@H]1C=C(C)CCC1. The van der Waals surface area contributed by atoms with Crippen LogP contribution in [0.1, 0.15) is 69.4 Å². The van der Waals surface area contributed by atoms with Crippen molar-refractivity contribution in [1.29, 1.82) is 0 Å². The molecule has 0 spiro atoms. The number of ether oxygens (including phenoxy) is 3. The van der Waals surface area contributed by atoms with Gasteiger partial charge in [0.25, 0.3) is 5.17 Å². The maximum absolute atomic E-state index is 6.17. The number of rotatable bonds is 10. The Kier molecular flexibility index (Phi) is 8.13. The zero-order valence-corrected chi connectivity index (χ0v) is 18.5. The van der Waals surface area contributed by atoms with Gasteiger partial charge in [0.05, 0.1) is 19.0 Å². The molecule has 2 aliphatic rings. The van der Waals surface area contributed by atoms with Crippen molar-refractivity contribution in [2.75, 3.05) is 13.2 Å². The van der Waals surface area contributed by atoms with Gasteiger partial charge in [-0.1, -0.05) is 38.0 Å². The van der Waals surface area contributed by atoms with E-state index in [0.717, 1.165) is 49.4 Å². The number of hydrogen-bond donors (Lipinski definition) is 1. The summed E-state index contributed by atoms with van der Waals surface area (Å²) in [7, 11) is 0. The Bertz CT molecular complexity index is 755. The summed E-state index contributed by atoms with van der Waals surface area (Å²) in [6.07, 6.45) is 12.0. The lowest BCUT2D eigenvalue weighted by molar-refractivity contribution is 0.401. The molecule has 1 aromatic rings. The first-order chi connectivity index (χ1) is 14.1.